The van der Waals surface area contributed by atoms with Gasteiger partial charge in [0, 0.05) is 11.3 Å². The Bertz CT molecular complexity index is 472. The minimum Gasteiger partial charge on any atom is -0.454 e. The Morgan fingerprint density at radius 2 is 1.86 bits per heavy atom. The van der Waals surface area contributed by atoms with Gasteiger partial charge in [-0.3, -0.25) is 9.59 Å². The molecule has 0 heterocycles. The summed E-state index contributed by atoms with van der Waals surface area (Å²) in [6, 6.07) is 0. The van der Waals surface area contributed by atoms with E-state index in [4.69, 9.17) is 16.3 Å². The van der Waals surface area contributed by atoms with Gasteiger partial charge in [-0.2, -0.15) is 0 Å². The molecule has 0 amide bonds. The van der Waals surface area contributed by atoms with Crippen molar-refractivity contribution >= 4 is 23.4 Å². The highest BCUT2D eigenvalue weighted by molar-refractivity contribution is 6.24. The topological polar surface area (TPSA) is 43.4 Å². The van der Waals surface area contributed by atoms with E-state index >= 15 is 0 Å². The molecule has 0 aromatic rings. The summed E-state index contributed by atoms with van der Waals surface area (Å²) < 4.78 is 5.69. The first-order chi connectivity index (χ1) is 9.98. The van der Waals surface area contributed by atoms with E-state index < -0.39 is 6.10 Å². The molecule has 5 fully saturated rings. The van der Waals surface area contributed by atoms with E-state index in [1.165, 1.54) is 6.42 Å². The average Bonchev–Trinajstić information content (AvgIpc) is 2.38. The molecule has 4 bridgehead atoms. The highest BCUT2D eigenvalue weighted by Gasteiger charge is 2.61. The summed E-state index contributed by atoms with van der Waals surface area (Å²) in [6.45, 7) is 0. The number of hydrogen-bond acceptors (Lipinski definition) is 3. The fourth-order valence-electron chi connectivity index (χ4n) is 5.72. The lowest BCUT2D eigenvalue weighted by molar-refractivity contribution is -0.178. The third kappa shape index (κ3) is 2.32. The minimum absolute atomic E-state index is 0.111. The molecule has 0 saturated heterocycles. The van der Waals surface area contributed by atoms with E-state index in [2.05, 4.69) is 0 Å². The Labute approximate surface area is 130 Å². The third-order valence-corrected chi connectivity index (χ3v) is 6.61. The smallest absolute Gasteiger partial charge is 0.312 e. The quantitative estimate of drug-likeness (QED) is 0.578. The van der Waals surface area contributed by atoms with Crippen molar-refractivity contribution in [2.24, 2.45) is 17.3 Å². The van der Waals surface area contributed by atoms with Gasteiger partial charge in [-0.15, -0.1) is 11.6 Å². The zero-order valence-corrected chi connectivity index (χ0v) is 13.2. The van der Waals surface area contributed by atoms with Gasteiger partial charge in [-0.25, -0.2) is 0 Å². The summed E-state index contributed by atoms with van der Waals surface area (Å²) in [6.07, 6.45) is 8.68. The lowest BCUT2D eigenvalue weighted by atomic mass is 9.49. The van der Waals surface area contributed by atoms with Crippen molar-refractivity contribution in [1.82, 2.24) is 0 Å². The van der Waals surface area contributed by atoms with Gasteiger partial charge in [-0.05, 0) is 69.6 Å². The van der Waals surface area contributed by atoms with Crippen molar-refractivity contribution in [1.29, 1.82) is 0 Å². The molecule has 3 nitrogen and oxygen atoms in total. The number of rotatable bonds is 2. The lowest BCUT2D eigenvalue weighted by Crippen LogP contribution is -2.57. The first kappa shape index (κ1) is 14.0. The maximum atomic E-state index is 12.8. The molecule has 0 aliphatic heterocycles. The summed E-state index contributed by atoms with van der Waals surface area (Å²) >= 11 is 6.76. The number of alkyl halides is 1. The van der Waals surface area contributed by atoms with Crippen molar-refractivity contribution in [2.45, 2.75) is 75.2 Å². The standard InChI is InChI=1S/C17H23ClO3/c18-17-8-11-5-12(9-17)7-16(6-11,10-17)15(20)21-14-4-2-1-3-13(14)19/h11-12,14H,1-10H2/t11-,12-,14-,16?,17?/m0/s1. The molecule has 0 spiro atoms. The van der Waals surface area contributed by atoms with Crippen molar-refractivity contribution in [3.05, 3.63) is 0 Å². The van der Waals surface area contributed by atoms with E-state index in [0.717, 1.165) is 44.9 Å². The highest BCUT2D eigenvalue weighted by Crippen LogP contribution is 2.64. The summed E-state index contributed by atoms with van der Waals surface area (Å²) in [4.78, 5) is 24.6. The Morgan fingerprint density at radius 3 is 2.48 bits per heavy atom. The number of halogens is 1. The molecule has 0 radical (unpaired) electrons. The van der Waals surface area contributed by atoms with Crippen molar-refractivity contribution < 1.29 is 14.3 Å². The Hall–Kier alpha value is -0.570. The summed E-state index contributed by atoms with van der Waals surface area (Å²) in [5.74, 6) is 1.15. The second kappa shape index (κ2) is 4.71. The van der Waals surface area contributed by atoms with Gasteiger partial charge in [0.15, 0.2) is 11.9 Å². The van der Waals surface area contributed by atoms with Gasteiger partial charge in [0.1, 0.15) is 0 Å². The first-order valence-electron chi connectivity index (χ1n) is 8.41. The van der Waals surface area contributed by atoms with Gasteiger partial charge in [0.05, 0.1) is 5.41 Å². The number of esters is 1. The number of ether oxygens (including phenoxy) is 1. The summed E-state index contributed by atoms with van der Waals surface area (Å²) in [5, 5.41) is 0. The highest BCUT2D eigenvalue weighted by atomic mass is 35.5. The van der Waals surface area contributed by atoms with E-state index in [-0.39, 0.29) is 22.0 Å². The van der Waals surface area contributed by atoms with Crippen LogP contribution in [-0.4, -0.2) is 22.7 Å². The molecule has 5 saturated carbocycles. The largest absolute Gasteiger partial charge is 0.454 e. The normalized spacial score (nSPS) is 48.4. The van der Waals surface area contributed by atoms with E-state index in [1.807, 2.05) is 0 Å². The van der Waals surface area contributed by atoms with Crippen LogP contribution in [0.5, 0.6) is 0 Å². The fraction of sp³-hybridized carbons (Fsp3) is 0.882. The molecule has 5 aliphatic rings. The third-order valence-electron chi connectivity index (χ3n) is 6.17. The van der Waals surface area contributed by atoms with Crippen LogP contribution >= 0.6 is 11.6 Å². The first-order valence-corrected chi connectivity index (χ1v) is 8.79. The molecule has 116 valence electrons. The zero-order valence-electron chi connectivity index (χ0n) is 12.4. The van der Waals surface area contributed by atoms with Crippen molar-refractivity contribution in [3.8, 4) is 0 Å². The van der Waals surface area contributed by atoms with Gasteiger partial charge >= 0.3 is 5.97 Å². The number of Topliss-reactive ketones (excluding diaryl/α,β-unsaturated/α-hetero) is 1. The van der Waals surface area contributed by atoms with Gasteiger partial charge in [0.25, 0.3) is 0 Å². The van der Waals surface area contributed by atoms with Crippen LogP contribution < -0.4 is 0 Å². The zero-order chi connectivity index (χ0) is 14.7. The molecular formula is C17H23ClO3. The Kier molecular flexibility index (Phi) is 3.15. The molecule has 0 aromatic carbocycles. The fourth-order valence-corrected chi connectivity index (χ4v) is 6.41. The second-order valence-corrected chi connectivity index (χ2v) is 8.80. The molecule has 0 aromatic heterocycles. The maximum Gasteiger partial charge on any atom is 0.312 e. The maximum absolute atomic E-state index is 12.8. The number of carbonyl (C=O) groups is 2. The van der Waals surface area contributed by atoms with Crippen LogP contribution in [0, 0.1) is 17.3 Å². The van der Waals surface area contributed by atoms with Crippen molar-refractivity contribution in [3.63, 3.8) is 0 Å². The van der Waals surface area contributed by atoms with Gasteiger partial charge < -0.3 is 4.74 Å². The predicted octanol–water partition coefficient (Wildman–Crippen LogP) is 3.62. The van der Waals surface area contributed by atoms with Crippen LogP contribution in [0.1, 0.15) is 64.2 Å². The number of hydrogen-bond donors (Lipinski definition) is 0. The molecule has 4 heteroatoms. The molecule has 5 rings (SSSR count). The minimum atomic E-state index is -0.481. The number of ketones is 1. The number of carbonyl (C=O) groups excluding carboxylic acids is 2. The van der Waals surface area contributed by atoms with Crippen LogP contribution in [0.4, 0.5) is 0 Å². The monoisotopic (exact) mass is 310 g/mol. The van der Waals surface area contributed by atoms with Crippen LogP contribution in [0.15, 0.2) is 0 Å². The van der Waals surface area contributed by atoms with Crippen LogP contribution in [0.2, 0.25) is 0 Å². The summed E-state index contributed by atoms with van der Waals surface area (Å²) in [7, 11) is 0. The molecule has 21 heavy (non-hydrogen) atoms. The molecule has 0 unspecified atom stereocenters. The van der Waals surface area contributed by atoms with Crippen LogP contribution in [-0.2, 0) is 14.3 Å². The van der Waals surface area contributed by atoms with Crippen LogP contribution in [0.25, 0.3) is 0 Å². The summed E-state index contributed by atoms with van der Waals surface area (Å²) in [5.41, 5.74) is -0.385. The van der Waals surface area contributed by atoms with E-state index in [0.29, 0.717) is 24.7 Å². The van der Waals surface area contributed by atoms with E-state index in [9.17, 15) is 9.59 Å². The Balaban J connectivity index is 1.52. The molecule has 5 aliphatic carbocycles. The predicted molar refractivity (Wildman–Crippen MR) is 79.1 cm³/mol. The molecular weight excluding hydrogens is 288 g/mol. The second-order valence-electron chi connectivity index (χ2n) is 8.00. The average molecular weight is 311 g/mol. The molecule has 3 atom stereocenters. The van der Waals surface area contributed by atoms with Gasteiger partial charge in [0.2, 0.25) is 0 Å². The lowest BCUT2D eigenvalue weighted by Gasteiger charge is -2.58. The Morgan fingerprint density at radius 1 is 1.14 bits per heavy atom. The van der Waals surface area contributed by atoms with Gasteiger partial charge in [-0.1, -0.05) is 0 Å². The SMILES string of the molecule is O=C1CCCC[C@@H]1OC(=O)C12C[C@@H]3C[C@H](CC(Cl)(C3)C1)C2. The van der Waals surface area contributed by atoms with Crippen molar-refractivity contribution in [2.75, 3.05) is 0 Å². The molecule has 0 N–H and O–H groups in total. The van der Waals surface area contributed by atoms with Crippen LogP contribution in [0.3, 0.4) is 0 Å². The van der Waals surface area contributed by atoms with E-state index in [1.54, 1.807) is 0 Å².